The Morgan fingerprint density at radius 3 is 2.57 bits per heavy atom. The molecular weight excluding hydrogens is 293 g/mol. The van der Waals surface area contributed by atoms with E-state index in [1.807, 2.05) is 0 Å². The zero-order valence-electron chi connectivity index (χ0n) is 11.3. The van der Waals surface area contributed by atoms with Gasteiger partial charge in [-0.15, -0.1) is 0 Å². The van der Waals surface area contributed by atoms with Gasteiger partial charge in [0.25, 0.3) is 10.0 Å². The van der Waals surface area contributed by atoms with Crippen LogP contribution in [0.2, 0.25) is 0 Å². The Bertz CT molecular complexity index is 692. The fourth-order valence-electron chi connectivity index (χ4n) is 1.89. The van der Waals surface area contributed by atoms with Crippen LogP contribution in [0.4, 0.5) is 10.1 Å². The number of rotatable bonds is 6. The number of sulfonamides is 1. The predicted octanol–water partition coefficient (Wildman–Crippen LogP) is 1.76. The number of para-hydroxylation sites is 1. The molecule has 0 radical (unpaired) electrons. The van der Waals surface area contributed by atoms with Crippen molar-refractivity contribution in [2.45, 2.75) is 11.3 Å². The smallest absolute Gasteiger partial charge is 0.265 e. The van der Waals surface area contributed by atoms with E-state index in [9.17, 15) is 12.8 Å². The van der Waals surface area contributed by atoms with Crippen LogP contribution in [0, 0.1) is 5.82 Å². The molecule has 0 aliphatic rings. The lowest BCUT2D eigenvalue weighted by atomic mass is 10.3. The van der Waals surface area contributed by atoms with Crippen LogP contribution in [0.3, 0.4) is 0 Å². The van der Waals surface area contributed by atoms with Crippen molar-refractivity contribution in [3.63, 3.8) is 0 Å². The van der Waals surface area contributed by atoms with Crippen LogP contribution in [-0.4, -0.2) is 26.5 Å². The first-order valence-electron chi connectivity index (χ1n) is 6.44. The fraction of sp³-hybridized carbons (Fsp3) is 0.214. The van der Waals surface area contributed by atoms with Gasteiger partial charge in [0.1, 0.15) is 10.7 Å². The Morgan fingerprint density at radius 1 is 1.19 bits per heavy atom. The normalized spacial score (nSPS) is 11.3. The standard InChI is InChI=1S/C14H16FN3O2S/c15-13-6-1-2-7-14(13)18(10-4-8-16)21(19,20)12-5-3-9-17-11-12/h1-3,5-7,9,11H,4,8,10,16H2. The van der Waals surface area contributed by atoms with E-state index in [0.29, 0.717) is 13.0 Å². The molecule has 1 heterocycles. The summed E-state index contributed by atoms with van der Waals surface area (Å²) in [4.78, 5) is 3.82. The van der Waals surface area contributed by atoms with Crippen molar-refractivity contribution >= 4 is 15.7 Å². The number of anilines is 1. The Labute approximate surface area is 123 Å². The Balaban J connectivity index is 2.48. The number of aromatic nitrogens is 1. The predicted molar refractivity (Wildman–Crippen MR) is 78.8 cm³/mol. The van der Waals surface area contributed by atoms with E-state index in [0.717, 1.165) is 4.31 Å². The van der Waals surface area contributed by atoms with Crippen molar-refractivity contribution in [2.75, 3.05) is 17.4 Å². The van der Waals surface area contributed by atoms with E-state index < -0.39 is 15.8 Å². The number of hydrogen-bond donors (Lipinski definition) is 1. The highest BCUT2D eigenvalue weighted by atomic mass is 32.2. The number of halogens is 1. The first-order chi connectivity index (χ1) is 10.1. The van der Waals surface area contributed by atoms with Crippen molar-refractivity contribution in [1.29, 1.82) is 0 Å². The molecule has 2 N–H and O–H groups in total. The van der Waals surface area contributed by atoms with Crippen molar-refractivity contribution in [1.82, 2.24) is 4.98 Å². The average Bonchev–Trinajstić information content (AvgIpc) is 2.50. The maximum atomic E-state index is 14.0. The minimum absolute atomic E-state index is 0.00908. The topological polar surface area (TPSA) is 76.3 Å². The summed E-state index contributed by atoms with van der Waals surface area (Å²) in [6.07, 6.45) is 3.14. The van der Waals surface area contributed by atoms with Crippen LogP contribution in [0.15, 0.2) is 53.7 Å². The number of pyridine rings is 1. The fourth-order valence-corrected chi connectivity index (χ4v) is 3.36. The Morgan fingerprint density at radius 2 is 1.95 bits per heavy atom. The highest BCUT2D eigenvalue weighted by molar-refractivity contribution is 7.92. The zero-order valence-corrected chi connectivity index (χ0v) is 12.1. The van der Waals surface area contributed by atoms with E-state index in [-0.39, 0.29) is 17.1 Å². The summed E-state index contributed by atoms with van der Waals surface area (Å²) in [5, 5.41) is 0. The molecule has 5 nitrogen and oxygen atoms in total. The number of hydrogen-bond acceptors (Lipinski definition) is 4. The maximum Gasteiger partial charge on any atom is 0.265 e. The van der Waals surface area contributed by atoms with Crippen LogP contribution < -0.4 is 10.0 Å². The summed E-state index contributed by atoms with van der Waals surface area (Å²) in [7, 11) is -3.87. The number of nitrogens with two attached hydrogens (primary N) is 1. The molecule has 0 amide bonds. The summed E-state index contributed by atoms with van der Waals surface area (Å²) in [5.74, 6) is -0.595. The Kier molecular flexibility index (Phi) is 4.87. The molecule has 0 saturated heterocycles. The summed E-state index contributed by atoms with van der Waals surface area (Å²) < 4.78 is 40.3. The molecular formula is C14H16FN3O2S. The van der Waals surface area contributed by atoms with Crippen molar-refractivity contribution in [3.05, 3.63) is 54.6 Å². The Hall–Kier alpha value is -1.99. The van der Waals surface area contributed by atoms with E-state index >= 15 is 0 Å². The molecule has 0 bridgehead atoms. The van der Waals surface area contributed by atoms with Gasteiger partial charge in [-0.25, -0.2) is 12.8 Å². The largest absolute Gasteiger partial charge is 0.330 e. The van der Waals surface area contributed by atoms with Crippen LogP contribution in [-0.2, 0) is 10.0 Å². The van der Waals surface area contributed by atoms with Gasteiger partial charge in [0.15, 0.2) is 0 Å². The van der Waals surface area contributed by atoms with Crippen molar-refractivity contribution in [2.24, 2.45) is 5.73 Å². The van der Waals surface area contributed by atoms with Gasteiger partial charge in [0.2, 0.25) is 0 Å². The van der Waals surface area contributed by atoms with Gasteiger partial charge in [0, 0.05) is 18.9 Å². The van der Waals surface area contributed by atoms with Crippen molar-refractivity contribution in [3.8, 4) is 0 Å². The molecule has 1 aromatic carbocycles. The summed E-state index contributed by atoms with van der Waals surface area (Å²) in [6.45, 7) is 0.419. The number of benzene rings is 1. The first kappa shape index (κ1) is 15.4. The minimum Gasteiger partial charge on any atom is -0.330 e. The monoisotopic (exact) mass is 309 g/mol. The summed E-state index contributed by atoms with van der Waals surface area (Å²) >= 11 is 0. The molecule has 2 aromatic rings. The third-order valence-electron chi connectivity index (χ3n) is 2.91. The third kappa shape index (κ3) is 3.37. The van der Waals surface area contributed by atoms with E-state index in [4.69, 9.17) is 5.73 Å². The van der Waals surface area contributed by atoms with Crippen LogP contribution in [0.1, 0.15) is 6.42 Å². The summed E-state index contributed by atoms with van der Waals surface area (Å²) in [5.41, 5.74) is 5.46. The maximum absolute atomic E-state index is 14.0. The van der Waals surface area contributed by atoms with E-state index in [1.165, 1.54) is 42.7 Å². The molecule has 0 fully saturated rings. The molecule has 2 rings (SSSR count). The lowest BCUT2D eigenvalue weighted by Crippen LogP contribution is -2.33. The quantitative estimate of drug-likeness (QED) is 0.882. The van der Waals surface area contributed by atoms with Crippen LogP contribution in [0.5, 0.6) is 0 Å². The summed E-state index contributed by atoms with van der Waals surface area (Å²) in [6, 6.07) is 8.71. The van der Waals surface area contributed by atoms with Gasteiger partial charge in [-0.1, -0.05) is 12.1 Å². The van der Waals surface area contributed by atoms with E-state index in [2.05, 4.69) is 4.98 Å². The molecule has 0 atom stereocenters. The lowest BCUT2D eigenvalue weighted by molar-refractivity contribution is 0.583. The molecule has 1 aromatic heterocycles. The second-order valence-corrected chi connectivity index (χ2v) is 6.22. The molecule has 0 unspecified atom stereocenters. The second-order valence-electron chi connectivity index (χ2n) is 4.36. The molecule has 0 spiro atoms. The van der Waals surface area contributed by atoms with Gasteiger partial charge < -0.3 is 5.73 Å². The van der Waals surface area contributed by atoms with Crippen LogP contribution in [0.25, 0.3) is 0 Å². The molecule has 21 heavy (non-hydrogen) atoms. The third-order valence-corrected chi connectivity index (χ3v) is 4.71. The highest BCUT2D eigenvalue weighted by Gasteiger charge is 2.26. The van der Waals surface area contributed by atoms with Gasteiger partial charge in [-0.05, 0) is 37.2 Å². The molecule has 0 saturated carbocycles. The minimum atomic E-state index is -3.87. The SMILES string of the molecule is NCCCN(c1ccccc1F)S(=O)(=O)c1cccnc1. The highest BCUT2D eigenvalue weighted by Crippen LogP contribution is 2.25. The molecule has 7 heteroatoms. The van der Waals surface area contributed by atoms with Gasteiger partial charge in [-0.2, -0.15) is 0 Å². The average molecular weight is 309 g/mol. The molecule has 0 aliphatic heterocycles. The second kappa shape index (κ2) is 6.64. The van der Waals surface area contributed by atoms with E-state index in [1.54, 1.807) is 6.07 Å². The first-order valence-corrected chi connectivity index (χ1v) is 7.88. The van der Waals surface area contributed by atoms with Crippen LogP contribution >= 0.6 is 0 Å². The number of nitrogens with zero attached hydrogens (tertiary/aromatic N) is 2. The lowest BCUT2D eigenvalue weighted by Gasteiger charge is -2.24. The zero-order chi connectivity index (χ0) is 15.3. The van der Waals surface area contributed by atoms with Gasteiger partial charge in [0.05, 0.1) is 5.69 Å². The molecule has 0 aliphatic carbocycles. The van der Waals surface area contributed by atoms with Gasteiger partial charge in [-0.3, -0.25) is 9.29 Å². The molecule has 112 valence electrons. The van der Waals surface area contributed by atoms with Gasteiger partial charge >= 0.3 is 0 Å². The van der Waals surface area contributed by atoms with Crippen molar-refractivity contribution < 1.29 is 12.8 Å².